The molecule has 2 aromatic rings. The zero-order valence-corrected chi connectivity index (χ0v) is 9.26. The Labute approximate surface area is 93.8 Å². The molecule has 0 aliphatic rings. The molecule has 0 spiro atoms. The second-order valence-corrected chi connectivity index (χ2v) is 4.86. The van der Waals surface area contributed by atoms with Gasteiger partial charge in [0.25, 0.3) is 0 Å². The van der Waals surface area contributed by atoms with Gasteiger partial charge in [-0.05, 0) is 24.3 Å². The number of hydrogen-bond donors (Lipinski definition) is 2. The van der Waals surface area contributed by atoms with E-state index in [-0.39, 0.29) is 16.8 Å². The summed E-state index contributed by atoms with van der Waals surface area (Å²) in [4.78, 5) is 0. The van der Waals surface area contributed by atoms with Gasteiger partial charge in [-0.1, -0.05) is 24.3 Å². The van der Waals surface area contributed by atoms with Crippen molar-refractivity contribution < 1.29 is 14.8 Å². The second-order valence-electron chi connectivity index (χ2n) is 3.27. The third kappa shape index (κ3) is 1.90. The molecule has 0 aliphatic carbocycles. The van der Waals surface area contributed by atoms with Crippen LogP contribution < -0.4 is 10.6 Å². The van der Waals surface area contributed by atoms with Gasteiger partial charge >= 0.3 is 0 Å². The Kier molecular flexibility index (Phi) is 2.88. The predicted molar refractivity (Wildman–Crippen MR) is 63.1 cm³/mol. The molecule has 81 valence electrons. The fourth-order valence-corrected chi connectivity index (χ4v) is 2.64. The molecule has 2 aromatic carbocycles. The Hall–Kier alpha value is -1.86. The summed E-state index contributed by atoms with van der Waals surface area (Å²) in [5.41, 5.74) is 0. The van der Waals surface area contributed by atoms with Crippen LogP contribution in [-0.4, -0.2) is 10.2 Å². The van der Waals surface area contributed by atoms with Crippen molar-refractivity contribution in [3.63, 3.8) is 0 Å². The molecule has 0 fully saturated rings. The molecule has 1 atom stereocenters. The van der Waals surface area contributed by atoms with Crippen molar-refractivity contribution >= 4 is 18.4 Å². The van der Waals surface area contributed by atoms with E-state index in [0.29, 0.717) is 5.30 Å². The van der Waals surface area contributed by atoms with Crippen molar-refractivity contribution in [2.45, 2.75) is 0 Å². The number of para-hydroxylation sites is 1. The Morgan fingerprint density at radius 2 is 1.56 bits per heavy atom. The first kappa shape index (κ1) is 10.7. The van der Waals surface area contributed by atoms with Gasteiger partial charge in [0, 0.05) is 5.30 Å². The van der Waals surface area contributed by atoms with E-state index in [0.717, 1.165) is 0 Å². The lowest BCUT2D eigenvalue weighted by atomic mass is 10.3. The van der Waals surface area contributed by atoms with Crippen LogP contribution in [0.1, 0.15) is 0 Å². The largest absolute Gasteiger partial charge is 0.504 e. The maximum atomic E-state index is 12.1. The number of benzene rings is 2. The molecule has 16 heavy (non-hydrogen) atoms. The molecule has 1 unspecified atom stereocenters. The van der Waals surface area contributed by atoms with Crippen molar-refractivity contribution in [2.75, 3.05) is 0 Å². The van der Waals surface area contributed by atoms with Crippen molar-refractivity contribution in [1.82, 2.24) is 0 Å². The maximum Gasteiger partial charge on any atom is 0.172 e. The van der Waals surface area contributed by atoms with E-state index < -0.39 is 7.80 Å². The van der Waals surface area contributed by atoms with Gasteiger partial charge in [-0.2, -0.15) is 0 Å². The normalized spacial score (nSPS) is 11.1. The van der Waals surface area contributed by atoms with E-state index >= 15 is 0 Å². The van der Waals surface area contributed by atoms with Crippen LogP contribution in [-0.2, 0) is 4.57 Å². The van der Waals surface area contributed by atoms with Crippen LogP contribution in [0.2, 0.25) is 0 Å². The monoisotopic (exact) mass is 233 g/mol. The van der Waals surface area contributed by atoms with E-state index in [1.54, 1.807) is 36.4 Å². The van der Waals surface area contributed by atoms with Gasteiger partial charge in [0.15, 0.2) is 11.5 Å². The van der Waals surface area contributed by atoms with E-state index in [4.69, 9.17) is 0 Å². The van der Waals surface area contributed by atoms with Crippen molar-refractivity contribution in [1.29, 1.82) is 0 Å². The molecule has 2 rings (SSSR count). The number of aromatic hydroxyl groups is 2. The van der Waals surface area contributed by atoms with Gasteiger partial charge in [0.05, 0.1) is 5.30 Å². The van der Waals surface area contributed by atoms with E-state index in [2.05, 4.69) is 0 Å². The fraction of sp³-hybridized carbons (Fsp3) is 0. The first-order valence-electron chi connectivity index (χ1n) is 4.73. The molecule has 2 N–H and O–H groups in total. The molecule has 0 bridgehead atoms. The lowest BCUT2D eigenvalue weighted by molar-refractivity contribution is 0.406. The quantitative estimate of drug-likeness (QED) is 0.615. The van der Waals surface area contributed by atoms with Gasteiger partial charge in [0.1, 0.15) is 7.80 Å². The molecule has 0 aromatic heterocycles. The van der Waals surface area contributed by atoms with Gasteiger partial charge in [-0.3, -0.25) is 4.57 Å². The van der Waals surface area contributed by atoms with Gasteiger partial charge in [0.2, 0.25) is 0 Å². The van der Waals surface area contributed by atoms with Crippen molar-refractivity contribution in [3.8, 4) is 11.5 Å². The molecule has 1 radical (unpaired) electrons. The summed E-state index contributed by atoms with van der Waals surface area (Å²) < 4.78 is 12.1. The highest BCUT2D eigenvalue weighted by atomic mass is 31.1. The zero-order valence-electron chi connectivity index (χ0n) is 8.37. The average Bonchev–Trinajstić information content (AvgIpc) is 2.33. The second kappa shape index (κ2) is 4.33. The topological polar surface area (TPSA) is 57.5 Å². The number of phenolic OH excluding ortho intramolecular Hbond substituents is 2. The highest BCUT2D eigenvalue weighted by molar-refractivity contribution is 7.61. The summed E-state index contributed by atoms with van der Waals surface area (Å²) in [6.07, 6.45) is 0. The molecule has 0 aliphatic heterocycles. The third-order valence-electron chi connectivity index (χ3n) is 2.20. The Balaban J connectivity index is 2.46. The van der Waals surface area contributed by atoms with Crippen LogP contribution >= 0.6 is 7.80 Å². The minimum Gasteiger partial charge on any atom is -0.504 e. The fourth-order valence-electron chi connectivity index (χ4n) is 1.39. The highest BCUT2D eigenvalue weighted by Gasteiger charge is 2.14. The molecule has 4 heteroatoms. The predicted octanol–water partition coefficient (Wildman–Crippen LogP) is 1.88. The van der Waals surface area contributed by atoms with Crippen LogP contribution in [0.5, 0.6) is 11.5 Å². The SMILES string of the molecule is O=[P](c1ccccc1)c1cccc(O)c1O. The number of rotatable bonds is 2. The first-order chi connectivity index (χ1) is 7.70. The molecule has 0 saturated carbocycles. The van der Waals surface area contributed by atoms with Crippen LogP contribution in [0, 0.1) is 0 Å². The molecule has 0 saturated heterocycles. The van der Waals surface area contributed by atoms with Gasteiger partial charge < -0.3 is 10.2 Å². The molecular weight excluding hydrogens is 223 g/mol. The molecular formula is C12H10O3P. The van der Waals surface area contributed by atoms with Crippen LogP contribution in [0.3, 0.4) is 0 Å². The van der Waals surface area contributed by atoms with Crippen molar-refractivity contribution in [2.24, 2.45) is 0 Å². The Bertz CT molecular complexity index is 523. The van der Waals surface area contributed by atoms with Crippen LogP contribution in [0.15, 0.2) is 48.5 Å². The minimum atomic E-state index is -1.87. The summed E-state index contributed by atoms with van der Waals surface area (Å²) in [6.45, 7) is 0. The summed E-state index contributed by atoms with van der Waals surface area (Å²) in [5, 5.41) is 19.8. The Morgan fingerprint density at radius 1 is 0.875 bits per heavy atom. The lowest BCUT2D eigenvalue weighted by Crippen LogP contribution is -2.06. The third-order valence-corrected chi connectivity index (χ3v) is 3.77. The minimum absolute atomic E-state index is 0.251. The van der Waals surface area contributed by atoms with E-state index in [9.17, 15) is 14.8 Å². The van der Waals surface area contributed by atoms with Crippen LogP contribution in [0.4, 0.5) is 0 Å². The van der Waals surface area contributed by atoms with Crippen LogP contribution in [0.25, 0.3) is 0 Å². The highest BCUT2D eigenvalue weighted by Crippen LogP contribution is 2.30. The van der Waals surface area contributed by atoms with Gasteiger partial charge in [-0.25, -0.2) is 0 Å². The molecule has 3 nitrogen and oxygen atoms in total. The van der Waals surface area contributed by atoms with Crippen molar-refractivity contribution in [3.05, 3.63) is 48.5 Å². The summed E-state index contributed by atoms with van der Waals surface area (Å²) >= 11 is 0. The average molecular weight is 233 g/mol. The summed E-state index contributed by atoms with van der Waals surface area (Å²) in [5.74, 6) is -0.566. The first-order valence-corrected chi connectivity index (χ1v) is 5.99. The van der Waals surface area contributed by atoms with E-state index in [1.807, 2.05) is 6.07 Å². The van der Waals surface area contributed by atoms with Gasteiger partial charge in [-0.15, -0.1) is 0 Å². The number of phenols is 2. The maximum absolute atomic E-state index is 12.1. The summed E-state index contributed by atoms with van der Waals surface area (Å²) in [6, 6.07) is 13.3. The summed E-state index contributed by atoms with van der Waals surface area (Å²) in [7, 11) is -1.87. The smallest absolute Gasteiger partial charge is 0.172 e. The zero-order chi connectivity index (χ0) is 11.5. The number of hydrogen-bond acceptors (Lipinski definition) is 3. The Morgan fingerprint density at radius 3 is 2.25 bits per heavy atom. The van der Waals surface area contributed by atoms with E-state index in [1.165, 1.54) is 6.07 Å². The lowest BCUT2D eigenvalue weighted by Gasteiger charge is -2.05. The standard InChI is InChI=1S/C12H10O3P/c13-10-7-4-8-11(12(10)14)16(15)9-5-2-1-3-6-9/h1-8,13-14H. The molecule has 0 heterocycles. The molecule has 0 amide bonds.